The fourth-order valence-corrected chi connectivity index (χ4v) is 2.11. The monoisotopic (exact) mass is 306 g/mol. The zero-order valence-electron chi connectivity index (χ0n) is 13.7. The summed E-state index contributed by atoms with van der Waals surface area (Å²) in [6.45, 7) is 2.15. The van der Waals surface area contributed by atoms with Gasteiger partial charge in [0.05, 0.1) is 0 Å². The minimum Gasteiger partial charge on any atom is -0.291 e. The number of nitrogens with zero attached hydrogens (tertiary/aromatic N) is 1. The van der Waals surface area contributed by atoms with E-state index in [9.17, 15) is 14.9 Å². The summed E-state index contributed by atoms with van der Waals surface area (Å²) < 4.78 is 0. The van der Waals surface area contributed by atoms with Gasteiger partial charge in [-0.3, -0.25) is 14.9 Å². The Morgan fingerprint density at radius 3 is 2.41 bits per heavy atom. The van der Waals surface area contributed by atoms with E-state index in [1.807, 2.05) is 6.29 Å². The average Bonchev–Trinajstić information content (AvgIpc) is 2.50. The summed E-state index contributed by atoms with van der Waals surface area (Å²) in [5, 5.41) is 11.0. The number of rotatable bonds is 13. The largest absolute Gasteiger partial charge is 0.291 e. The van der Waals surface area contributed by atoms with Gasteiger partial charge in [-0.25, -0.2) is 0 Å². The fourth-order valence-electron chi connectivity index (χ4n) is 2.11. The van der Waals surface area contributed by atoms with Crippen LogP contribution in [-0.4, -0.2) is 17.3 Å². The van der Waals surface area contributed by atoms with E-state index < -0.39 is 6.04 Å². The average molecular weight is 306 g/mol. The molecule has 0 aromatic rings. The molecule has 4 heteroatoms. The highest BCUT2D eigenvalue weighted by atomic mass is 16.6. The van der Waals surface area contributed by atoms with Crippen molar-refractivity contribution >= 4 is 6.29 Å². The lowest BCUT2D eigenvalue weighted by Gasteiger charge is -2.04. The van der Waals surface area contributed by atoms with Crippen molar-refractivity contribution in [2.45, 2.75) is 83.6 Å². The molecule has 0 rings (SSSR count). The van der Waals surface area contributed by atoms with Crippen LogP contribution in [0.1, 0.15) is 77.6 Å². The predicted octanol–water partition coefficient (Wildman–Crippen LogP) is 4.61. The highest BCUT2D eigenvalue weighted by Gasteiger charge is 2.14. The third-order valence-electron chi connectivity index (χ3n) is 3.46. The minimum absolute atomic E-state index is 0.239. The van der Waals surface area contributed by atoms with E-state index >= 15 is 0 Å². The Kier molecular flexibility index (Phi) is 14.6. The van der Waals surface area contributed by atoms with Crippen molar-refractivity contribution in [1.82, 2.24) is 0 Å². The third-order valence-corrected chi connectivity index (χ3v) is 3.46. The molecule has 0 aliphatic carbocycles. The summed E-state index contributed by atoms with van der Waals surface area (Å²) in [6, 6.07) is -0.631. The molecule has 0 aromatic carbocycles. The van der Waals surface area contributed by atoms with Crippen molar-refractivity contribution in [3.8, 4) is 11.8 Å². The van der Waals surface area contributed by atoms with Gasteiger partial charge in [-0.1, -0.05) is 50.9 Å². The number of hydrogen-bond donors (Lipinski definition) is 0. The number of unbranched alkanes of at least 4 members (excludes halogenated alkanes) is 8. The van der Waals surface area contributed by atoms with E-state index in [0.29, 0.717) is 12.8 Å². The van der Waals surface area contributed by atoms with Crippen molar-refractivity contribution in [1.29, 1.82) is 0 Å². The zero-order valence-corrected chi connectivity index (χ0v) is 13.7. The molecule has 0 fully saturated rings. The lowest BCUT2D eigenvalue weighted by atomic mass is 10.1. The van der Waals surface area contributed by atoms with E-state index in [2.05, 4.69) is 18.8 Å². The highest BCUT2D eigenvalue weighted by molar-refractivity contribution is 5.50. The Labute approximate surface area is 134 Å². The van der Waals surface area contributed by atoms with Crippen molar-refractivity contribution in [2.24, 2.45) is 0 Å². The Hall–Kier alpha value is -1.63. The SMILES string of the molecule is CCCCCC#CC=CC(CCCCCCC[C]=O)[N+](=O)[O-]. The number of carbonyl (C=O) groups excluding carboxylic acids is 1. The molecule has 0 N–H and O–H groups in total. The summed E-state index contributed by atoms with van der Waals surface area (Å²) in [4.78, 5) is 20.8. The molecule has 1 radical (unpaired) electrons. The number of nitro groups is 1. The second-order valence-corrected chi connectivity index (χ2v) is 5.44. The molecule has 0 amide bonds. The first-order chi connectivity index (χ1) is 10.7. The van der Waals surface area contributed by atoms with Gasteiger partial charge in [0.1, 0.15) is 0 Å². The molecule has 0 saturated heterocycles. The Morgan fingerprint density at radius 1 is 1.05 bits per heavy atom. The van der Waals surface area contributed by atoms with Crippen LogP contribution < -0.4 is 0 Å². The molecule has 1 atom stereocenters. The molecule has 4 nitrogen and oxygen atoms in total. The number of hydrogen-bond acceptors (Lipinski definition) is 3. The predicted molar refractivity (Wildman–Crippen MR) is 89.9 cm³/mol. The zero-order chi connectivity index (χ0) is 16.5. The van der Waals surface area contributed by atoms with Crippen molar-refractivity contribution < 1.29 is 9.72 Å². The molecule has 0 spiro atoms. The van der Waals surface area contributed by atoms with Crippen LogP contribution in [0.4, 0.5) is 0 Å². The Morgan fingerprint density at radius 2 is 1.73 bits per heavy atom. The first-order valence-electron chi connectivity index (χ1n) is 8.36. The molecule has 0 aliphatic rings. The third kappa shape index (κ3) is 13.4. The molecule has 0 saturated carbocycles. The van der Waals surface area contributed by atoms with Crippen molar-refractivity contribution in [3.05, 3.63) is 22.3 Å². The molecule has 0 bridgehead atoms. The first-order valence-corrected chi connectivity index (χ1v) is 8.36. The highest BCUT2D eigenvalue weighted by Crippen LogP contribution is 2.10. The normalized spacial score (nSPS) is 11.9. The maximum atomic E-state index is 11.0. The van der Waals surface area contributed by atoms with Crippen molar-refractivity contribution in [3.63, 3.8) is 0 Å². The smallest absolute Gasteiger partial charge is 0.232 e. The summed E-state index contributed by atoms with van der Waals surface area (Å²) >= 11 is 0. The second-order valence-electron chi connectivity index (χ2n) is 5.44. The van der Waals surface area contributed by atoms with Gasteiger partial charge in [-0.2, -0.15) is 0 Å². The van der Waals surface area contributed by atoms with E-state index in [-0.39, 0.29) is 4.92 Å². The van der Waals surface area contributed by atoms with E-state index in [4.69, 9.17) is 0 Å². The van der Waals surface area contributed by atoms with Crippen LogP contribution in [0.5, 0.6) is 0 Å². The Balaban J connectivity index is 3.86. The number of allylic oxidation sites excluding steroid dienone is 1. The molecule has 0 aromatic heterocycles. The lowest BCUT2D eigenvalue weighted by Crippen LogP contribution is -2.16. The van der Waals surface area contributed by atoms with Gasteiger partial charge in [0.2, 0.25) is 6.04 Å². The molecule has 123 valence electrons. The maximum absolute atomic E-state index is 11.0. The van der Waals surface area contributed by atoms with Gasteiger partial charge in [0, 0.05) is 24.2 Å². The van der Waals surface area contributed by atoms with Gasteiger partial charge >= 0.3 is 0 Å². The van der Waals surface area contributed by atoms with Gasteiger partial charge < -0.3 is 0 Å². The van der Waals surface area contributed by atoms with Gasteiger partial charge in [0.25, 0.3) is 0 Å². The topological polar surface area (TPSA) is 60.2 Å². The van der Waals surface area contributed by atoms with Crippen LogP contribution in [-0.2, 0) is 4.79 Å². The van der Waals surface area contributed by atoms with Crippen LogP contribution in [0, 0.1) is 22.0 Å². The fraction of sp³-hybridized carbons (Fsp3) is 0.722. The Bertz CT molecular complexity index is 380. The summed E-state index contributed by atoms with van der Waals surface area (Å²) in [7, 11) is 0. The van der Waals surface area contributed by atoms with Crippen LogP contribution in [0.2, 0.25) is 0 Å². The van der Waals surface area contributed by atoms with E-state index in [1.165, 1.54) is 12.8 Å². The van der Waals surface area contributed by atoms with Crippen LogP contribution in [0.15, 0.2) is 12.2 Å². The standard InChI is InChI=1S/C18H28NO3/c1-2-3-4-5-6-9-12-15-18(19(21)22)16-13-10-7-8-11-14-17-20/h12,15,18H,2-5,7-8,10-11,13-14,16H2,1H3. The lowest BCUT2D eigenvalue weighted by molar-refractivity contribution is -0.510. The summed E-state index contributed by atoms with van der Waals surface area (Å²) in [6.07, 6.45) is 15.2. The van der Waals surface area contributed by atoms with Crippen LogP contribution >= 0.6 is 0 Å². The second kappa shape index (κ2) is 15.8. The van der Waals surface area contributed by atoms with Gasteiger partial charge in [0.15, 0.2) is 6.29 Å². The minimum atomic E-state index is -0.631. The van der Waals surface area contributed by atoms with Crippen LogP contribution in [0.25, 0.3) is 0 Å². The van der Waals surface area contributed by atoms with Gasteiger partial charge in [-0.15, -0.1) is 0 Å². The molecule has 0 aliphatic heterocycles. The van der Waals surface area contributed by atoms with Crippen LogP contribution in [0.3, 0.4) is 0 Å². The quantitative estimate of drug-likeness (QED) is 0.216. The first kappa shape index (κ1) is 20.4. The van der Waals surface area contributed by atoms with E-state index in [1.54, 1.807) is 12.2 Å². The summed E-state index contributed by atoms with van der Waals surface area (Å²) in [5.41, 5.74) is 0. The molecule has 1 unspecified atom stereocenters. The molecule has 22 heavy (non-hydrogen) atoms. The summed E-state index contributed by atoms with van der Waals surface area (Å²) in [5.74, 6) is 5.90. The maximum Gasteiger partial charge on any atom is 0.232 e. The van der Waals surface area contributed by atoms with Crippen molar-refractivity contribution in [2.75, 3.05) is 0 Å². The molecular formula is C18H28NO3. The molecule has 0 heterocycles. The molecular weight excluding hydrogens is 278 g/mol. The van der Waals surface area contributed by atoms with Gasteiger partial charge in [-0.05, 0) is 31.4 Å². The van der Waals surface area contributed by atoms with E-state index in [0.717, 1.165) is 44.9 Å².